The molecule has 0 spiro atoms. The predicted molar refractivity (Wildman–Crippen MR) is 48.7 cm³/mol. The molecule has 0 amide bonds. The molecule has 0 bridgehead atoms. The van der Waals surface area contributed by atoms with Crippen LogP contribution in [0.4, 0.5) is 0 Å². The molecule has 0 saturated carbocycles. The van der Waals surface area contributed by atoms with E-state index >= 15 is 0 Å². The van der Waals surface area contributed by atoms with E-state index in [-0.39, 0.29) is 11.4 Å². The van der Waals surface area contributed by atoms with Gasteiger partial charge in [-0.1, -0.05) is 37.3 Å². The minimum Gasteiger partial charge on any atom is -0.315 e. The summed E-state index contributed by atoms with van der Waals surface area (Å²) in [5, 5.41) is 0. The zero-order valence-corrected chi connectivity index (χ0v) is 7.25. The van der Waals surface area contributed by atoms with E-state index in [2.05, 4.69) is 0 Å². The first-order valence-corrected chi connectivity index (χ1v) is 4.10. The lowest BCUT2D eigenvalue weighted by Crippen LogP contribution is -2.19. The smallest absolute Gasteiger partial charge is 0.0867 e. The average Bonchev–Trinajstić information content (AvgIpc) is 2.05. The maximum Gasteiger partial charge on any atom is 0.0867 e. The lowest BCUT2D eigenvalue weighted by Gasteiger charge is -2.13. The van der Waals surface area contributed by atoms with Crippen molar-refractivity contribution in [3.8, 4) is 0 Å². The van der Waals surface area contributed by atoms with Gasteiger partial charge in [0.15, 0.2) is 0 Å². The van der Waals surface area contributed by atoms with Gasteiger partial charge in [0.05, 0.1) is 5.50 Å². The summed E-state index contributed by atoms with van der Waals surface area (Å²) in [6.45, 7) is 2.02. The van der Waals surface area contributed by atoms with Gasteiger partial charge in [-0.05, 0) is 5.56 Å². The van der Waals surface area contributed by atoms with Crippen LogP contribution in [0.3, 0.4) is 0 Å². The van der Waals surface area contributed by atoms with E-state index in [1.54, 1.807) is 0 Å². The summed E-state index contributed by atoms with van der Waals surface area (Å²) in [6, 6.07) is 10.0. The Labute approximate surface area is 72.2 Å². The molecule has 2 heteroatoms. The molecule has 60 valence electrons. The fourth-order valence-electron chi connectivity index (χ4n) is 0.940. The van der Waals surface area contributed by atoms with Gasteiger partial charge < -0.3 is 5.73 Å². The van der Waals surface area contributed by atoms with Crippen molar-refractivity contribution in [1.82, 2.24) is 0 Å². The second-order valence-corrected chi connectivity index (χ2v) is 3.15. The summed E-state index contributed by atoms with van der Waals surface area (Å²) in [5.41, 5.74) is 6.43. The number of nitrogens with two attached hydrogens (primary N) is 1. The second kappa shape index (κ2) is 3.74. The lowest BCUT2D eigenvalue weighted by atomic mass is 10.0. The highest BCUT2D eigenvalue weighted by molar-refractivity contribution is 6.20. The predicted octanol–water partition coefficient (Wildman–Crippen LogP) is 2.31. The van der Waals surface area contributed by atoms with Crippen LogP contribution in [-0.4, -0.2) is 5.50 Å². The summed E-state index contributed by atoms with van der Waals surface area (Å²) >= 11 is 5.74. The molecule has 0 radical (unpaired) electrons. The van der Waals surface area contributed by atoms with Gasteiger partial charge >= 0.3 is 0 Å². The van der Waals surface area contributed by atoms with Crippen molar-refractivity contribution in [2.45, 2.75) is 18.3 Å². The van der Waals surface area contributed by atoms with Crippen LogP contribution >= 0.6 is 11.6 Å². The van der Waals surface area contributed by atoms with Crippen LogP contribution in [0.2, 0.25) is 0 Å². The van der Waals surface area contributed by atoms with Crippen LogP contribution in [0.5, 0.6) is 0 Å². The normalized spacial score (nSPS) is 15.9. The summed E-state index contributed by atoms with van der Waals surface area (Å²) in [5.74, 6) is 0.220. The van der Waals surface area contributed by atoms with Crippen molar-refractivity contribution in [3.63, 3.8) is 0 Å². The molecule has 0 unspecified atom stereocenters. The molecule has 0 aliphatic heterocycles. The number of alkyl halides is 1. The van der Waals surface area contributed by atoms with Crippen LogP contribution in [0, 0.1) is 0 Å². The Morgan fingerprint density at radius 1 is 1.27 bits per heavy atom. The molecule has 0 saturated heterocycles. The molecule has 2 atom stereocenters. The Morgan fingerprint density at radius 2 is 1.82 bits per heavy atom. The van der Waals surface area contributed by atoms with Gasteiger partial charge in [0.2, 0.25) is 0 Å². The van der Waals surface area contributed by atoms with Crippen LogP contribution in [0.1, 0.15) is 18.4 Å². The molecular weight excluding hydrogens is 158 g/mol. The minimum atomic E-state index is -0.294. The summed E-state index contributed by atoms with van der Waals surface area (Å²) in [7, 11) is 0. The third-order valence-corrected chi connectivity index (χ3v) is 2.18. The van der Waals surface area contributed by atoms with Crippen molar-refractivity contribution < 1.29 is 0 Å². The van der Waals surface area contributed by atoms with E-state index in [4.69, 9.17) is 17.3 Å². The first kappa shape index (κ1) is 8.57. The quantitative estimate of drug-likeness (QED) is 0.534. The molecule has 0 aliphatic carbocycles. The third kappa shape index (κ3) is 2.21. The van der Waals surface area contributed by atoms with Crippen LogP contribution in [0.25, 0.3) is 0 Å². The maximum atomic E-state index is 5.74. The first-order valence-electron chi connectivity index (χ1n) is 3.66. The molecule has 1 rings (SSSR count). The fraction of sp³-hybridized carbons (Fsp3) is 0.333. The Bertz CT molecular complexity index is 208. The highest BCUT2D eigenvalue weighted by atomic mass is 35.5. The molecule has 0 aliphatic rings. The average molecular weight is 170 g/mol. The zero-order valence-electron chi connectivity index (χ0n) is 6.50. The molecule has 1 aromatic carbocycles. The van der Waals surface area contributed by atoms with Gasteiger partial charge in [-0.15, -0.1) is 11.6 Å². The second-order valence-electron chi connectivity index (χ2n) is 2.64. The van der Waals surface area contributed by atoms with E-state index in [0.29, 0.717) is 0 Å². The van der Waals surface area contributed by atoms with E-state index in [0.717, 1.165) is 0 Å². The SMILES string of the molecule is C[C@H](c1ccccc1)[C@@H](N)Cl. The molecular formula is C9H12ClN. The molecule has 0 fully saturated rings. The first-order chi connectivity index (χ1) is 5.22. The Hall–Kier alpha value is -0.530. The minimum absolute atomic E-state index is 0.220. The van der Waals surface area contributed by atoms with E-state index in [9.17, 15) is 0 Å². The molecule has 11 heavy (non-hydrogen) atoms. The number of halogens is 1. The van der Waals surface area contributed by atoms with Gasteiger partial charge in [-0.25, -0.2) is 0 Å². The molecule has 1 aromatic rings. The molecule has 1 nitrogen and oxygen atoms in total. The summed E-state index contributed by atoms with van der Waals surface area (Å²) < 4.78 is 0. The van der Waals surface area contributed by atoms with Crippen molar-refractivity contribution in [2.24, 2.45) is 5.73 Å². The topological polar surface area (TPSA) is 26.0 Å². The Morgan fingerprint density at radius 3 is 2.27 bits per heavy atom. The number of benzene rings is 1. The van der Waals surface area contributed by atoms with Crippen molar-refractivity contribution in [1.29, 1.82) is 0 Å². The number of rotatable bonds is 2. The van der Waals surface area contributed by atoms with Crippen LogP contribution in [-0.2, 0) is 0 Å². The van der Waals surface area contributed by atoms with Crippen LogP contribution < -0.4 is 5.73 Å². The summed E-state index contributed by atoms with van der Waals surface area (Å²) in [4.78, 5) is 0. The van der Waals surface area contributed by atoms with Gasteiger partial charge in [-0.3, -0.25) is 0 Å². The largest absolute Gasteiger partial charge is 0.315 e. The van der Waals surface area contributed by atoms with Gasteiger partial charge in [0, 0.05) is 5.92 Å². The van der Waals surface area contributed by atoms with Crippen LogP contribution in [0.15, 0.2) is 30.3 Å². The number of hydrogen-bond donors (Lipinski definition) is 1. The number of hydrogen-bond acceptors (Lipinski definition) is 1. The highest BCUT2D eigenvalue weighted by Crippen LogP contribution is 2.18. The van der Waals surface area contributed by atoms with Gasteiger partial charge in [0.25, 0.3) is 0 Å². The monoisotopic (exact) mass is 169 g/mol. The standard InChI is InChI=1S/C9H12ClN/c1-7(9(10)11)8-5-3-2-4-6-8/h2-7,9H,11H2,1H3/t7-,9-/m1/s1. The van der Waals surface area contributed by atoms with Gasteiger partial charge in [0.1, 0.15) is 0 Å². The third-order valence-electron chi connectivity index (χ3n) is 1.80. The van der Waals surface area contributed by atoms with E-state index in [1.807, 2.05) is 37.3 Å². The lowest BCUT2D eigenvalue weighted by molar-refractivity contribution is 0.718. The summed E-state index contributed by atoms with van der Waals surface area (Å²) in [6.07, 6.45) is 0. The van der Waals surface area contributed by atoms with E-state index in [1.165, 1.54) is 5.56 Å². The Kier molecular flexibility index (Phi) is 2.92. The highest BCUT2D eigenvalue weighted by Gasteiger charge is 2.10. The van der Waals surface area contributed by atoms with E-state index < -0.39 is 0 Å². The zero-order chi connectivity index (χ0) is 8.27. The fourth-order valence-corrected chi connectivity index (χ4v) is 1.09. The molecule has 0 aromatic heterocycles. The van der Waals surface area contributed by atoms with Gasteiger partial charge in [-0.2, -0.15) is 0 Å². The Balaban J connectivity index is 2.77. The molecule has 2 N–H and O–H groups in total. The molecule has 0 heterocycles. The van der Waals surface area contributed by atoms with Crippen molar-refractivity contribution in [3.05, 3.63) is 35.9 Å². The van der Waals surface area contributed by atoms with Crippen molar-refractivity contribution in [2.75, 3.05) is 0 Å². The maximum absolute atomic E-state index is 5.74. The van der Waals surface area contributed by atoms with Crippen molar-refractivity contribution >= 4 is 11.6 Å².